The average Bonchev–Trinajstić information content (AvgIpc) is 2.17. The molecule has 16 heavy (non-hydrogen) atoms. The molecule has 0 aromatic heterocycles. The molecule has 0 radical (unpaired) electrons. The molecule has 6 heteroatoms. The number of halogens is 4. The van der Waals surface area contributed by atoms with Gasteiger partial charge in [-0.2, -0.15) is 13.2 Å². The van der Waals surface area contributed by atoms with Crippen LogP contribution in [0.25, 0.3) is 0 Å². The van der Waals surface area contributed by atoms with E-state index in [0.717, 1.165) is 0 Å². The maximum Gasteiger partial charge on any atom is 0.419 e. The van der Waals surface area contributed by atoms with Crippen LogP contribution in [0.1, 0.15) is 22.3 Å². The maximum atomic E-state index is 13.1. The lowest BCUT2D eigenvalue weighted by Crippen LogP contribution is -2.18. The Bertz CT molecular complexity index is 451. The van der Waals surface area contributed by atoms with E-state index < -0.39 is 23.3 Å². The van der Waals surface area contributed by atoms with Crippen molar-refractivity contribution in [2.24, 2.45) is 0 Å². The summed E-state index contributed by atoms with van der Waals surface area (Å²) < 4.78 is 55.0. The van der Waals surface area contributed by atoms with Crippen molar-refractivity contribution in [1.82, 2.24) is 0 Å². The van der Waals surface area contributed by atoms with Gasteiger partial charge in [-0.05, 0) is 12.1 Å². The third-order valence-electron chi connectivity index (χ3n) is 2.26. The standard InChI is InChI=1S/C10H6F4O2/c11-7-3-5-8(15)1-2-16-9(5)4-6(7)10(12,13)14/h3-4H,1-2H2. The summed E-state index contributed by atoms with van der Waals surface area (Å²) in [6.45, 7) is 0.0226. The van der Waals surface area contributed by atoms with Crippen LogP contribution in [0.15, 0.2) is 12.1 Å². The highest BCUT2D eigenvalue weighted by molar-refractivity contribution is 5.99. The lowest BCUT2D eigenvalue weighted by molar-refractivity contribution is -0.140. The van der Waals surface area contributed by atoms with E-state index in [-0.39, 0.29) is 24.3 Å². The fourth-order valence-electron chi connectivity index (χ4n) is 1.50. The van der Waals surface area contributed by atoms with E-state index in [1.807, 2.05) is 0 Å². The van der Waals surface area contributed by atoms with Gasteiger partial charge in [0.1, 0.15) is 11.6 Å². The fourth-order valence-corrected chi connectivity index (χ4v) is 1.50. The first-order valence-corrected chi connectivity index (χ1v) is 4.46. The van der Waals surface area contributed by atoms with E-state index in [0.29, 0.717) is 12.1 Å². The summed E-state index contributed by atoms with van der Waals surface area (Å²) in [5.41, 5.74) is -1.54. The number of alkyl halides is 3. The predicted molar refractivity (Wildman–Crippen MR) is 45.8 cm³/mol. The van der Waals surface area contributed by atoms with Crippen LogP contribution in [-0.4, -0.2) is 12.4 Å². The molecule has 1 aliphatic heterocycles. The molecule has 0 spiro atoms. The minimum Gasteiger partial charge on any atom is -0.492 e. The highest BCUT2D eigenvalue weighted by atomic mass is 19.4. The van der Waals surface area contributed by atoms with Crippen LogP contribution in [0.5, 0.6) is 5.75 Å². The lowest BCUT2D eigenvalue weighted by atomic mass is 10.0. The number of benzene rings is 1. The molecule has 0 amide bonds. The van der Waals surface area contributed by atoms with Crippen LogP contribution in [0.3, 0.4) is 0 Å². The van der Waals surface area contributed by atoms with E-state index in [9.17, 15) is 22.4 Å². The van der Waals surface area contributed by atoms with Crippen molar-refractivity contribution in [1.29, 1.82) is 0 Å². The number of Topliss-reactive ketones (excluding diaryl/α,β-unsaturated/α-hetero) is 1. The molecule has 1 aromatic rings. The Labute approximate surface area is 87.8 Å². The highest BCUT2D eigenvalue weighted by Gasteiger charge is 2.36. The molecule has 0 aliphatic carbocycles. The van der Waals surface area contributed by atoms with Crippen LogP contribution < -0.4 is 4.74 Å². The number of ether oxygens (including phenoxy) is 1. The minimum atomic E-state index is -4.79. The second-order valence-electron chi connectivity index (χ2n) is 3.35. The molecule has 0 N–H and O–H groups in total. The van der Waals surface area contributed by atoms with Crippen molar-refractivity contribution in [2.75, 3.05) is 6.61 Å². The van der Waals surface area contributed by atoms with Gasteiger partial charge in [0.25, 0.3) is 0 Å². The molecule has 1 aromatic carbocycles. The summed E-state index contributed by atoms with van der Waals surface area (Å²) in [4.78, 5) is 11.3. The first kappa shape index (κ1) is 10.9. The van der Waals surface area contributed by atoms with E-state index in [4.69, 9.17) is 4.74 Å². The van der Waals surface area contributed by atoms with E-state index in [2.05, 4.69) is 0 Å². The zero-order chi connectivity index (χ0) is 11.9. The predicted octanol–water partition coefficient (Wildman–Crippen LogP) is 2.81. The third-order valence-corrected chi connectivity index (χ3v) is 2.26. The second kappa shape index (κ2) is 3.47. The SMILES string of the molecule is O=C1CCOc2cc(C(F)(F)F)c(F)cc21. The van der Waals surface area contributed by atoms with Crippen LogP contribution in [-0.2, 0) is 6.18 Å². The highest BCUT2D eigenvalue weighted by Crippen LogP contribution is 2.36. The van der Waals surface area contributed by atoms with Crippen molar-refractivity contribution in [3.05, 3.63) is 29.1 Å². The molecule has 1 aliphatic rings. The van der Waals surface area contributed by atoms with E-state index in [1.165, 1.54) is 0 Å². The molecule has 0 fully saturated rings. The normalized spacial score (nSPS) is 15.6. The van der Waals surface area contributed by atoms with E-state index in [1.54, 1.807) is 0 Å². The number of hydrogen-bond donors (Lipinski definition) is 0. The summed E-state index contributed by atoms with van der Waals surface area (Å²) in [5, 5.41) is 0. The van der Waals surface area contributed by atoms with Gasteiger partial charge in [-0.3, -0.25) is 4.79 Å². The van der Waals surface area contributed by atoms with Crippen LogP contribution in [0.2, 0.25) is 0 Å². The Morgan fingerprint density at radius 3 is 2.56 bits per heavy atom. The van der Waals surface area contributed by atoms with Crippen LogP contribution in [0.4, 0.5) is 17.6 Å². The van der Waals surface area contributed by atoms with E-state index >= 15 is 0 Å². The van der Waals surface area contributed by atoms with Gasteiger partial charge >= 0.3 is 6.18 Å². The number of carbonyl (C=O) groups is 1. The Balaban J connectivity index is 2.57. The fraction of sp³-hybridized carbons (Fsp3) is 0.300. The molecular weight excluding hydrogens is 228 g/mol. The van der Waals surface area contributed by atoms with Gasteiger partial charge in [-0.15, -0.1) is 0 Å². The monoisotopic (exact) mass is 234 g/mol. The Morgan fingerprint density at radius 2 is 1.94 bits per heavy atom. The van der Waals surface area contributed by atoms with Gasteiger partial charge in [-0.1, -0.05) is 0 Å². The number of ketones is 1. The molecule has 2 rings (SSSR count). The molecule has 0 bridgehead atoms. The summed E-state index contributed by atoms with van der Waals surface area (Å²) in [7, 11) is 0. The molecular formula is C10H6F4O2. The Hall–Kier alpha value is -1.59. The summed E-state index contributed by atoms with van der Waals surface area (Å²) in [5.74, 6) is -2.07. The zero-order valence-electron chi connectivity index (χ0n) is 7.90. The minimum absolute atomic E-state index is 0.0226. The largest absolute Gasteiger partial charge is 0.492 e. The molecule has 0 saturated carbocycles. The van der Waals surface area contributed by atoms with Crippen LogP contribution >= 0.6 is 0 Å². The average molecular weight is 234 g/mol. The molecule has 1 heterocycles. The number of fused-ring (bicyclic) bond motifs is 1. The molecule has 0 atom stereocenters. The lowest BCUT2D eigenvalue weighted by Gasteiger charge is -2.18. The van der Waals surface area contributed by atoms with Gasteiger partial charge < -0.3 is 4.74 Å². The van der Waals surface area contributed by atoms with Gasteiger partial charge in [0, 0.05) is 6.42 Å². The number of rotatable bonds is 0. The smallest absolute Gasteiger partial charge is 0.419 e. The first-order chi connectivity index (χ1) is 7.39. The molecule has 86 valence electrons. The quantitative estimate of drug-likeness (QED) is 0.645. The first-order valence-electron chi connectivity index (χ1n) is 4.46. The Kier molecular flexibility index (Phi) is 2.36. The Morgan fingerprint density at radius 1 is 1.25 bits per heavy atom. The number of carbonyl (C=O) groups excluding carboxylic acids is 1. The maximum absolute atomic E-state index is 13.1. The van der Waals surface area contributed by atoms with Crippen molar-refractivity contribution >= 4 is 5.78 Å². The van der Waals surface area contributed by atoms with Gasteiger partial charge in [0.2, 0.25) is 0 Å². The van der Waals surface area contributed by atoms with Gasteiger partial charge in [0.05, 0.1) is 17.7 Å². The third kappa shape index (κ3) is 1.75. The van der Waals surface area contributed by atoms with Crippen molar-refractivity contribution in [3.63, 3.8) is 0 Å². The van der Waals surface area contributed by atoms with Crippen molar-refractivity contribution < 1.29 is 27.1 Å². The second-order valence-corrected chi connectivity index (χ2v) is 3.35. The summed E-state index contributed by atoms with van der Waals surface area (Å²) >= 11 is 0. The zero-order valence-corrected chi connectivity index (χ0v) is 7.90. The number of hydrogen-bond acceptors (Lipinski definition) is 2. The van der Waals surface area contributed by atoms with Crippen LogP contribution in [0, 0.1) is 5.82 Å². The van der Waals surface area contributed by atoms with Crippen molar-refractivity contribution in [3.8, 4) is 5.75 Å². The van der Waals surface area contributed by atoms with Crippen molar-refractivity contribution in [2.45, 2.75) is 12.6 Å². The summed E-state index contributed by atoms with van der Waals surface area (Å²) in [6.07, 6.45) is -4.74. The molecule has 0 saturated heterocycles. The topological polar surface area (TPSA) is 26.3 Å². The van der Waals surface area contributed by atoms with Gasteiger partial charge in [0.15, 0.2) is 5.78 Å². The molecule has 0 unspecified atom stereocenters. The summed E-state index contributed by atoms with van der Waals surface area (Å²) in [6, 6.07) is 1.11. The molecule has 2 nitrogen and oxygen atoms in total. The van der Waals surface area contributed by atoms with Gasteiger partial charge in [-0.25, -0.2) is 4.39 Å².